The molecule has 1 aromatic heterocycles. The van der Waals surface area contributed by atoms with Crippen LogP contribution in [-0.4, -0.2) is 42.7 Å². The monoisotopic (exact) mass is 311 g/mol. The lowest BCUT2D eigenvalue weighted by Crippen LogP contribution is -2.44. The van der Waals surface area contributed by atoms with E-state index < -0.39 is 0 Å². The van der Waals surface area contributed by atoms with Crippen LogP contribution in [0.15, 0.2) is 16.5 Å². The van der Waals surface area contributed by atoms with Crippen molar-refractivity contribution < 1.29 is 18.7 Å². The number of carbonyl (C=O) groups is 2. The van der Waals surface area contributed by atoms with E-state index in [2.05, 4.69) is 0 Å². The Morgan fingerprint density at radius 1 is 1.43 bits per heavy atom. The van der Waals surface area contributed by atoms with Crippen LogP contribution in [0.25, 0.3) is 0 Å². The number of thioether (sulfide) groups is 1. The van der Waals surface area contributed by atoms with Crippen molar-refractivity contribution in [2.24, 2.45) is 0 Å². The van der Waals surface area contributed by atoms with Crippen molar-refractivity contribution in [1.82, 2.24) is 4.90 Å². The second-order valence-electron chi connectivity index (χ2n) is 5.13. The Labute approximate surface area is 129 Å². The van der Waals surface area contributed by atoms with Crippen molar-refractivity contribution in [3.05, 3.63) is 23.7 Å². The number of nitrogens with zero attached hydrogens (tertiary/aromatic N) is 1. The molecule has 21 heavy (non-hydrogen) atoms. The maximum absolute atomic E-state index is 12.6. The van der Waals surface area contributed by atoms with E-state index in [0.29, 0.717) is 12.3 Å². The van der Waals surface area contributed by atoms with E-state index in [1.165, 1.54) is 7.11 Å². The Hall–Kier alpha value is -1.43. The highest BCUT2D eigenvalue weighted by molar-refractivity contribution is 7.97. The number of carbonyl (C=O) groups excluding carboxylic acids is 2. The third kappa shape index (κ3) is 4.03. The first kappa shape index (κ1) is 15.9. The number of esters is 1. The summed E-state index contributed by atoms with van der Waals surface area (Å²) in [6.07, 6.45) is 5.06. The summed E-state index contributed by atoms with van der Waals surface area (Å²) >= 11 is 1.65. The number of methoxy groups -OCH3 is 1. The zero-order chi connectivity index (χ0) is 15.2. The van der Waals surface area contributed by atoms with Crippen LogP contribution in [0.5, 0.6) is 0 Å². The van der Waals surface area contributed by atoms with E-state index in [9.17, 15) is 9.59 Å². The third-order valence-electron chi connectivity index (χ3n) is 3.68. The zero-order valence-corrected chi connectivity index (χ0v) is 13.3. The van der Waals surface area contributed by atoms with Gasteiger partial charge >= 0.3 is 5.97 Å². The summed E-state index contributed by atoms with van der Waals surface area (Å²) < 4.78 is 10.3. The van der Waals surface area contributed by atoms with Crippen LogP contribution >= 0.6 is 11.8 Å². The Morgan fingerprint density at radius 2 is 2.24 bits per heavy atom. The molecule has 1 aliphatic rings. The molecule has 5 nitrogen and oxygen atoms in total. The van der Waals surface area contributed by atoms with Gasteiger partial charge < -0.3 is 14.1 Å². The van der Waals surface area contributed by atoms with E-state index in [-0.39, 0.29) is 24.3 Å². The second kappa shape index (κ2) is 7.54. The molecule has 2 heterocycles. The van der Waals surface area contributed by atoms with Gasteiger partial charge in [-0.1, -0.05) is 0 Å². The van der Waals surface area contributed by atoms with Gasteiger partial charge in [0.15, 0.2) is 5.76 Å². The standard InChI is InChI=1S/C15H21NO4S/c1-19-14(17)9-11-5-3-4-8-16(11)15(18)13-7-6-12(20-13)10-21-2/h6-7,11H,3-5,8-10H2,1-2H3. The molecular weight excluding hydrogens is 290 g/mol. The molecule has 1 fully saturated rings. The molecule has 0 spiro atoms. The van der Waals surface area contributed by atoms with Crippen LogP contribution in [0.2, 0.25) is 0 Å². The fourth-order valence-corrected chi connectivity index (χ4v) is 3.05. The molecule has 1 aliphatic heterocycles. The number of furan rings is 1. The number of ether oxygens (including phenoxy) is 1. The topological polar surface area (TPSA) is 59.8 Å². The molecule has 0 bridgehead atoms. The summed E-state index contributed by atoms with van der Waals surface area (Å²) in [4.78, 5) is 25.8. The first-order chi connectivity index (χ1) is 10.2. The molecule has 1 amide bonds. The van der Waals surface area contributed by atoms with Gasteiger partial charge in [-0.15, -0.1) is 0 Å². The van der Waals surface area contributed by atoms with Gasteiger partial charge in [0.25, 0.3) is 5.91 Å². The number of amides is 1. The van der Waals surface area contributed by atoms with Crippen LogP contribution in [-0.2, 0) is 15.3 Å². The van der Waals surface area contributed by atoms with Gasteiger partial charge in [-0.05, 0) is 37.7 Å². The van der Waals surface area contributed by atoms with Crippen molar-refractivity contribution in [3.63, 3.8) is 0 Å². The van der Waals surface area contributed by atoms with E-state index in [4.69, 9.17) is 9.15 Å². The minimum absolute atomic E-state index is 0.0900. The van der Waals surface area contributed by atoms with E-state index in [1.54, 1.807) is 22.7 Å². The molecular formula is C15H21NO4S. The highest BCUT2D eigenvalue weighted by Gasteiger charge is 2.30. The minimum atomic E-state index is -0.276. The van der Waals surface area contributed by atoms with E-state index in [0.717, 1.165) is 30.8 Å². The van der Waals surface area contributed by atoms with Gasteiger partial charge in [0.1, 0.15) is 5.76 Å². The summed E-state index contributed by atoms with van der Waals surface area (Å²) in [5, 5.41) is 0. The van der Waals surface area contributed by atoms with Crippen LogP contribution in [0.1, 0.15) is 42.0 Å². The predicted octanol–water partition coefficient (Wildman–Crippen LogP) is 2.70. The molecule has 0 N–H and O–H groups in total. The lowest BCUT2D eigenvalue weighted by atomic mass is 9.99. The molecule has 0 saturated carbocycles. The largest absolute Gasteiger partial charge is 0.469 e. The molecule has 2 rings (SSSR count). The Morgan fingerprint density at radius 3 is 2.95 bits per heavy atom. The highest BCUT2D eigenvalue weighted by atomic mass is 32.2. The van der Waals surface area contributed by atoms with E-state index in [1.807, 2.05) is 12.3 Å². The summed E-state index contributed by atoms with van der Waals surface area (Å²) in [6.45, 7) is 0.666. The van der Waals surface area contributed by atoms with Gasteiger partial charge in [-0.3, -0.25) is 9.59 Å². The normalized spacial score (nSPS) is 18.6. The van der Waals surface area contributed by atoms with Gasteiger partial charge in [-0.25, -0.2) is 0 Å². The Balaban J connectivity index is 2.08. The Kier molecular flexibility index (Phi) is 5.73. The summed E-state index contributed by atoms with van der Waals surface area (Å²) in [6, 6.07) is 3.47. The fourth-order valence-electron chi connectivity index (χ4n) is 2.61. The fraction of sp³-hybridized carbons (Fsp3) is 0.600. The average Bonchev–Trinajstić information content (AvgIpc) is 2.96. The van der Waals surface area contributed by atoms with Crippen molar-refractivity contribution in [1.29, 1.82) is 0 Å². The van der Waals surface area contributed by atoms with Crippen molar-refractivity contribution in [2.45, 2.75) is 37.5 Å². The summed E-state index contributed by atoms with van der Waals surface area (Å²) in [5.41, 5.74) is 0. The zero-order valence-electron chi connectivity index (χ0n) is 12.5. The second-order valence-corrected chi connectivity index (χ2v) is 5.99. The smallest absolute Gasteiger partial charge is 0.307 e. The highest BCUT2D eigenvalue weighted by Crippen LogP contribution is 2.23. The number of hydrogen-bond donors (Lipinski definition) is 0. The lowest BCUT2D eigenvalue weighted by molar-refractivity contribution is -0.142. The molecule has 1 saturated heterocycles. The van der Waals surface area contributed by atoms with Crippen LogP contribution in [0.4, 0.5) is 0 Å². The number of piperidine rings is 1. The number of rotatable bonds is 5. The van der Waals surface area contributed by atoms with Gasteiger partial charge in [-0.2, -0.15) is 11.8 Å². The van der Waals surface area contributed by atoms with Crippen molar-refractivity contribution in [2.75, 3.05) is 19.9 Å². The molecule has 1 aromatic rings. The van der Waals surface area contributed by atoms with Gasteiger partial charge in [0.05, 0.1) is 19.3 Å². The minimum Gasteiger partial charge on any atom is -0.469 e. The molecule has 116 valence electrons. The molecule has 6 heteroatoms. The third-order valence-corrected chi connectivity index (χ3v) is 4.25. The first-order valence-corrected chi connectivity index (χ1v) is 8.50. The molecule has 0 aliphatic carbocycles. The average molecular weight is 311 g/mol. The SMILES string of the molecule is COC(=O)CC1CCCCN1C(=O)c1ccc(CSC)o1. The predicted molar refractivity (Wildman–Crippen MR) is 81.2 cm³/mol. The van der Waals surface area contributed by atoms with Crippen LogP contribution < -0.4 is 0 Å². The number of likely N-dealkylation sites (tertiary alicyclic amines) is 1. The van der Waals surface area contributed by atoms with Crippen LogP contribution in [0.3, 0.4) is 0 Å². The molecule has 1 atom stereocenters. The first-order valence-electron chi connectivity index (χ1n) is 7.11. The quantitative estimate of drug-likeness (QED) is 0.783. The van der Waals surface area contributed by atoms with Crippen molar-refractivity contribution in [3.8, 4) is 0 Å². The van der Waals surface area contributed by atoms with E-state index >= 15 is 0 Å². The lowest BCUT2D eigenvalue weighted by Gasteiger charge is -2.34. The van der Waals surface area contributed by atoms with Gasteiger partial charge in [0, 0.05) is 12.6 Å². The summed E-state index contributed by atoms with van der Waals surface area (Å²) in [7, 11) is 1.37. The maximum Gasteiger partial charge on any atom is 0.307 e. The molecule has 1 unspecified atom stereocenters. The molecule has 0 radical (unpaired) electrons. The number of hydrogen-bond acceptors (Lipinski definition) is 5. The molecule has 0 aromatic carbocycles. The summed E-state index contributed by atoms with van der Waals surface area (Å²) in [5.74, 6) is 1.50. The van der Waals surface area contributed by atoms with Crippen molar-refractivity contribution >= 4 is 23.6 Å². The van der Waals surface area contributed by atoms with Crippen LogP contribution in [0, 0.1) is 0 Å². The van der Waals surface area contributed by atoms with Gasteiger partial charge in [0.2, 0.25) is 0 Å². The Bertz CT molecular complexity index is 500. The maximum atomic E-state index is 12.6.